The van der Waals surface area contributed by atoms with E-state index in [1.807, 2.05) is 9.80 Å². The van der Waals surface area contributed by atoms with E-state index in [0.29, 0.717) is 123 Å². The van der Waals surface area contributed by atoms with Crippen molar-refractivity contribution in [1.82, 2.24) is 46.9 Å². The Kier molecular flexibility index (Phi) is 45.8. The van der Waals surface area contributed by atoms with E-state index in [1.165, 1.54) is 0 Å². The highest BCUT2D eigenvalue weighted by Gasteiger charge is 2.52. The minimum absolute atomic E-state index is 0.00127. The monoisotopic (exact) mass is 1710 g/mol. The van der Waals surface area contributed by atoms with Gasteiger partial charge >= 0.3 is 30.3 Å². The number of carboxylic acid groups (broad SMARTS) is 1. The van der Waals surface area contributed by atoms with Gasteiger partial charge in [-0.2, -0.15) is 15.0 Å². The molecule has 1 aromatic rings. The quantitative estimate of drug-likeness (QED) is 0.0192. The standard InChI is InChI=1S/C88H132N12O22/c101-65(19-17-34-92-85(107)119-61-75-67-21-9-1-2-10-22-68(67)75)30-45-111-53-57-115-49-41-99(43-51-117-59-55-113-47-32-79(103)89-37-39-94-87(109)121-63-77-71-25-13-5-6-14-26-72(71)77)83-96-82(91-36-29-81(105)106)97-84(98-83)100(42-50-116-58-54-112-46-31-66(102)20-18-35-93-86(108)120-62-76-69-23-11-3-4-12-24-70(69)76)44-52-118-60-56-114-48-33-80(104)90-38-40-95-88(110)122-64-78-73-27-15-7-8-16-28-74(73)78/h67-78H,9-64H2,(H,89,103)(H,90,104)(H,92,107)(H,93,108)(H,94,109)(H,95,110)(H,105,106)(H,91,96,97,98)/t67-,68+,69-,70+,71-,72+,73-,74+,75?,76?,77?,78?. The fraction of sp³-hybridized carbons (Fsp3) is 0.773. The van der Waals surface area contributed by atoms with Gasteiger partial charge in [0.15, 0.2) is 0 Å². The lowest BCUT2D eigenvalue weighted by Gasteiger charge is -2.27. The lowest BCUT2D eigenvalue weighted by atomic mass is 10.1. The number of nitrogens with one attached hydrogen (secondary N) is 7. The molecule has 0 saturated heterocycles. The summed E-state index contributed by atoms with van der Waals surface area (Å²) in [4.78, 5) is 130. The predicted octanol–water partition coefficient (Wildman–Crippen LogP) is 6.66. The third kappa shape index (κ3) is 39.3. The summed E-state index contributed by atoms with van der Waals surface area (Å²) >= 11 is 0. The van der Waals surface area contributed by atoms with Gasteiger partial charge in [0.2, 0.25) is 29.7 Å². The maximum Gasteiger partial charge on any atom is 0.407 e. The number of amides is 6. The second-order valence-electron chi connectivity index (χ2n) is 32.0. The Labute approximate surface area is 718 Å². The van der Waals surface area contributed by atoms with Crippen LogP contribution < -0.4 is 47.0 Å². The molecular weight excluding hydrogens is 1580 g/mol. The van der Waals surface area contributed by atoms with E-state index in [4.69, 9.17) is 71.8 Å². The van der Waals surface area contributed by atoms with Gasteiger partial charge in [-0.1, -0.05) is 0 Å². The Bertz CT molecular complexity index is 3180. The van der Waals surface area contributed by atoms with Crippen LogP contribution in [-0.2, 0) is 80.8 Å². The van der Waals surface area contributed by atoms with E-state index < -0.39 is 30.3 Å². The molecule has 0 bridgehead atoms. The molecule has 122 heavy (non-hydrogen) atoms. The lowest BCUT2D eigenvalue weighted by Crippen LogP contribution is -2.36. The van der Waals surface area contributed by atoms with Gasteiger partial charge in [0.25, 0.3) is 0 Å². The predicted molar refractivity (Wildman–Crippen MR) is 449 cm³/mol. The van der Waals surface area contributed by atoms with Crippen LogP contribution in [0.1, 0.15) is 161 Å². The number of hydrogen-bond acceptors (Lipinski definition) is 27. The van der Waals surface area contributed by atoms with Crippen molar-refractivity contribution in [2.24, 2.45) is 71.0 Å². The summed E-state index contributed by atoms with van der Waals surface area (Å²) in [5.74, 6) is 30.6. The van der Waals surface area contributed by atoms with Gasteiger partial charge in [-0.3, -0.25) is 24.0 Å². The minimum Gasteiger partial charge on any atom is -0.481 e. The zero-order valence-electron chi connectivity index (χ0n) is 71.3. The summed E-state index contributed by atoms with van der Waals surface area (Å²) in [6.07, 6.45) is 15.3. The van der Waals surface area contributed by atoms with Crippen LogP contribution in [0, 0.1) is 118 Å². The van der Waals surface area contributed by atoms with Crippen LogP contribution in [0.3, 0.4) is 0 Å². The maximum atomic E-state index is 12.8. The number of nitrogens with zero attached hydrogens (tertiary/aromatic N) is 5. The zero-order valence-corrected chi connectivity index (χ0v) is 71.3. The first-order chi connectivity index (χ1) is 59.8. The summed E-state index contributed by atoms with van der Waals surface area (Å²) in [5, 5.41) is 29.2. The SMILES string of the molecule is O=C(O)CCNc1nc(N(CCOCCOCCC(=O)CCCNC(=O)OCC2[C@H]3CCC#CCC[C@@H]23)CCOCCOCCC(=O)NCCNC(=O)OCC2[C@H]3CCC#CCC[C@@H]23)nc(N(CCOCCOCCC(=O)CCCNC(=O)OCC2[C@H]3CCC#CCC[C@@H]23)CCOCCOCCC(=O)NCCNC(=O)OCC2[C@H]3CCC#CCC[C@@H]23)n1. The normalized spacial score (nSPS) is 22.2. The number of aromatic nitrogens is 3. The summed E-state index contributed by atoms with van der Waals surface area (Å²) < 4.78 is 69.3. The van der Waals surface area contributed by atoms with Crippen LogP contribution in [0.5, 0.6) is 0 Å². The first kappa shape index (κ1) is 97.0. The molecule has 1 aromatic heterocycles. The Morgan fingerprint density at radius 3 is 0.852 bits per heavy atom. The molecule has 8 aliphatic carbocycles. The summed E-state index contributed by atoms with van der Waals surface area (Å²) in [6.45, 7) is 6.69. The van der Waals surface area contributed by atoms with Gasteiger partial charge in [0.1, 0.15) is 11.6 Å². The van der Waals surface area contributed by atoms with Crippen LogP contribution in [0.15, 0.2) is 0 Å². The van der Waals surface area contributed by atoms with E-state index in [0.717, 1.165) is 103 Å². The van der Waals surface area contributed by atoms with E-state index >= 15 is 0 Å². The number of carbonyl (C=O) groups excluding carboxylic acids is 8. The molecule has 4 saturated carbocycles. The average Bonchev–Trinajstić information content (AvgIpc) is 1.65. The number of hydrogen-bond donors (Lipinski definition) is 8. The molecule has 8 aliphatic rings. The van der Waals surface area contributed by atoms with Crippen LogP contribution in [0.4, 0.5) is 37.0 Å². The highest BCUT2D eigenvalue weighted by molar-refractivity contribution is 5.79. The summed E-state index contributed by atoms with van der Waals surface area (Å²) in [7, 11) is 0. The molecule has 9 rings (SSSR count). The van der Waals surface area contributed by atoms with Crippen molar-refractivity contribution in [3.63, 3.8) is 0 Å². The maximum absolute atomic E-state index is 12.8. The molecule has 676 valence electrons. The molecule has 6 amide bonds. The fourth-order valence-electron chi connectivity index (χ4n) is 16.4. The number of fused-ring (bicyclic) bond motifs is 4. The van der Waals surface area contributed by atoms with Crippen molar-refractivity contribution in [3.05, 3.63) is 0 Å². The molecule has 4 unspecified atom stereocenters. The average molecular weight is 1710 g/mol. The number of carbonyl (C=O) groups is 9. The fourth-order valence-corrected chi connectivity index (χ4v) is 16.4. The van der Waals surface area contributed by atoms with Gasteiger partial charge in [-0.15, -0.1) is 47.4 Å². The van der Waals surface area contributed by atoms with Gasteiger partial charge in [0, 0.05) is 162 Å². The number of ether oxygens (including phenoxy) is 12. The van der Waals surface area contributed by atoms with Crippen LogP contribution in [0.25, 0.3) is 0 Å². The second-order valence-corrected chi connectivity index (χ2v) is 32.0. The number of ketones is 2. The number of Topliss-reactive ketones (excluding diaryl/α,β-unsaturated/α-hetero) is 2. The molecule has 34 nitrogen and oxygen atoms in total. The van der Waals surface area contributed by atoms with Crippen molar-refractivity contribution in [2.45, 2.75) is 161 Å². The molecule has 4 fully saturated rings. The second kappa shape index (κ2) is 57.6. The van der Waals surface area contributed by atoms with E-state index in [2.05, 4.69) is 84.6 Å². The largest absolute Gasteiger partial charge is 0.481 e. The number of rotatable bonds is 64. The molecule has 1 heterocycles. The smallest absolute Gasteiger partial charge is 0.407 e. The number of aliphatic carboxylic acids is 1. The number of alkyl carbamates (subject to hydrolysis) is 4. The summed E-state index contributed by atoms with van der Waals surface area (Å²) in [5.41, 5.74) is 0. The highest BCUT2D eigenvalue weighted by atomic mass is 16.6. The molecule has 34 heteroatoms. The molecule has 0 aromatic carbocycles. The lowest BCUT2D eigenvalue weighted by molar-refractivity contribution is -0.136. The molecule has 12 atom stereocenters. The molecule has 0 radical (unpaired) electrons. The van der Waals surface area contributed by atoms with Gasteiger partial charge in [-0.05, 0) is 135 Å². The van der Waals surface area contributed by atoms with Crippen molar-refractivity contribution < 1.29 is 105 Å². The van der Waals surface area contributed by atoms with Crippen molar-refractivity contribution in [3.8, 4) is 47.4 Å². The first-order valence-electron chi connectivity index (χ1n) is 44.6. The van der Waals surface area contributed by atoms with E-state index in [1.54, 1.807) is 0 Å². The summed E-state index contributed by atoms with van der Waals surface area (Å²) in [6, 6.07) is 0. The molecule has 0 spiro atoms. The van der Waals surface area contributed by atoms with Crippen molar-refractivity contribution in [2.75, 3.05) is 219 Å². The van der Waals surface area contributed by atoms with Crippen molar-refractivity contribution >= 4 is 71.6 Å². The van der Waals surface area contributed by atoms with Gasteiger partial charge in [-0.25, -0.2) is 19.2 Å². The van der Waals surface area contributed by atoms with E-state index in [9.17, 15) is 48.3 Å². The van der Waals surface area contributed by atoms with E-state index in [-0.39, 0.29) is 251 Å². The Morgan fingerprint density at radius 2 is 0.566 bits per heavy atom. The highest BCUT2D eigenvalue weighted by Crippen LogP contribution is 2.55. The Morgan fingerprint density at radius 1 is 0.303 bits per heavy atom. The topological polar surface area (TPSA) is 414 Å². The number of carboxylic acids is 1. The molecule has 0 aliphatic heterocycles. The number of anilines is 3. The Hall–Kier alpha value is -8.84. The third-order valence-electron chi connectivity index (χ3n) is 23.5. The van der Waals surface area contributed by atoms with Crippen molar-refractivity contribution in [1.29, 1.82) is 0 Å². The first-order valence-corrected chi connectivity index (χ1v) is 44.6. The minimum atomic E-state index is -1.04. The van der Waals surface area contributed by atoms with Crippen LogP contribution >= 0.6 is 0 Å². The zero-order chi connectivity index (χ0) is 85.8. The van der Waals surface area contributed by atoms with Gasteiger partial charge in [0.05, 0.1) is 139 Å². The third-order valence-corrected chi connectivity index (χ3v) is 23.5. The molecule has 8 N–H and O–H groups in total. The van der Waals surface area contributed by atoms with Crippen LogP contribution in [-0.4, -0.2) is 278 Å². The Balaban J connectivity index is 0.720. The van der Waals surface area contributed by atoms with Gasteiger partial charge < -0.3 is 109 Å². The van der Waals surface area contributed by atoms with Crippen LogP contribution in [0.2, 0.25) is 0 Å². The molecular formula is C88H132N12O22.